The molecule has 0 spiro atoms. The number of rotatable bonds is 2. The normalized spacial score (nSPS) is 11.0. The third-order valence-corrected chi connectivity index (χ3v) is 1.75. The lowest BCUT2D eigenvalue weighted by molar-refractivity contribution is 0.879. The van der Waals surface area contributed by atoms with Crippen LogP contribution >= 0.6 is 0 Å². The molecule has 0 fully saturated rings. The number of anilines is 1. The van der Waals surface area contributed by atoms with Crippen molar-refractivity contribution in [2.75, 3.05) is 5.32 Å². The lowest BCUT2D eigenvalue weighted by Crippen LogP contribution is -2.11. The van der Waals surface area contributed by atoms with E-state index in [-0.39, 0.29) is 0 Å². The van der Waals surface area contributed by atoms with Crippen molar-refractivity contribution in [3.05, 3.63) is 24.7 Å². The van der Waals surface area contributed by atoms with Crippen LogP contribution in [0.3, 0.4) is 0 Å². The number of fused-ring (bicyclic) bond motifs is 1. The molecule has 4 heteroatoms. The van der Waals surface area contributed by atoms with Crippen molar-refractivity contribution < 1.29 is 0 Å². The maximum atomic E-state index is 4.25. The maximum Gasteiger partial charge on any atom is 0.152 e. The van der Waals surface area contributed by atoms with E-state index in [1.807, 2.05) is 12.3 Å². The van der Waals surface area contributed by atoms with Gasteiger partial charge in [0.05, 0.1) is 6.20 Å². The molecule has 0 radical (unpaired) electrons. The molecule has 2 aromatic heterocycles. The van der Waals surface area contributed by atoms with Crippen LogP contribution in [0.4, 0.5) is 5.82 Å². The van der Waals surface area contributed by atoms with Gasteiger partial charge in [-0.2, -0.15) is 5.10 Å². The van der Waals surface area contributed by atoms with Crippen LogP contribution < -0.4 is 5.32 Å². The Kier molecular flexibility index (Phi) is 1.88. The Morgan fingerprint density at radius 3 is 3.00 bits per heavy atom. The highest BCUT2D eigenvalue weighted by Gasteiger charge is 2.02. The fourth-order valence-electron chi connectivity index (χ4n) is 1.24. The van der Waals surface area contributed by atoms with Crippen LogP contribution in [0, 0.1) is 0 Å². The van der Waals surface area contributed by atoms with Crippen LogP contribution in [-0.4, -0.2) is 20.6 Å². The molecular weight excluding hydrogens is 164 g/mol. The first kappa shape index (κ1) is 8.04. The molecule has 2 aromatic rings. The van der Waals surface area contributed by atoms with Gasteiger partial charge < -0.3 is 5.32 Å². The summed E-state index contributed by atoms with van der Waals surface area (Å²) in [6.45, 7) is 4.17. The average Bonchev–Trinajstić information content (AvgIpc) is 2.51. The molecule has 0 aromatic carbocycles. The van der Waals surface area contributed by atoms with Crippen molar-refractivity contribution >= 4 is 11.3 Å². The van der Waals surface area contributed by atoms with Gasteiger partial charge in [-0.25, -0.2) is 9.50 Å². The third-order valence-electron chi connectivity index (χ3n) is 1.75. The van der Waals surface area contributed by atoms with Crippen LogP contribution in [0.1, 0.15) is 13.8 Å². The van der Waals surface area contributed by atoms with Gasteiger partial charge >= 0.3 is 0 Å². The number of hydrogen-bond donors (Lipinski definition) is 1. The maximum absolute atomic E-state index is 4.25. The van der Waals surface area contributed by atoms with Crippen LogP contribution in [0.15, 0.2) is 24.7 Å². The molecule has 0 aliphatic carbocycles. The summed E-state index contributed by atoms with van der Waals surface area (Å²) >= 11 is 0. The number of hydrogen-bond acceptors (Lipinski definition) is 3. The van der Waals surface area contributed by atoms with Crippen molar-refractivity contribution in [1.82, 2.24) is 14.6 Å². The molecule has 0 atom stereocenters. The predicted octanol–water partition coefficient (Wildman–Crippen LogP) is 1.55. The molecule has 0 bridgehead atoms. The van der Waals surface area contributed by atoms with E-state index in [1.165, 1.54) is 0 Å². The zero-order valence-electron chi connectivity index (χ0n) is 7.73. The fourth-order valence-corrected chi connectivity index (χ4v) is 1.24. The van der Waals surface area contributed by atoms with Crippen LogP contribution in [0.5, 0.6) is 0 Å². The van der Waals surface area contributed by atoms with Gasteiger partial charge in [0.25, 0.3) is 0 Å². The number of nitrogens with one attached hydrogen (secondary N) is 1. The monoisotopic (exact) mass is 176 g/mol. The minimum Gasteiger partial charge on any atom is -0.366 e. The van der Waals surface area contributed by atoms with Gasteiger partial charge in [-0.05, 0) is 19.9 Å². The average molecular weight is 176 g/mol. The predicted molar refractivity (Wildman–Crippen MR) is 51.7 cm³/mol. The molecule has 0 saturated heterocycles. The van der Waals surface area contributed by atoms with E-state index >= 15 is 0 Å². The molecule has 0 amide bonds. The Morgan fingerprint density at radius 1 is 1.38 bits per heavy atom. The van der Waals surface area contributed by atoms with Crippen LogP contribution in [0.2, 0.25) is 0 Å². The zero-order chi connectivity index (χ0) is 9.26. The van der Waals surface area contributed by atoms with Gasteiger partial charge in [0.15, 0.2) is 5.82 Å². The summed E-state index contributed by atoms with van der Waals surface area (Å²) in [5.74, 6) is 0.884. The Hall–Kier alpha value is -1.58. The van der Waals surface area contributed by atoms with Gasteiger partial charge in [-0.15, -0.1) is 0 Å². The van der Waals surface area contributed by atoms with E-state index in [2.05, 4.69) is 29.2 Å². The summed E-state index contributed by atoms with van der Waals surface area (Å²) in [6.07, 6.45) is 5.34. The Morgan fingerprint density at radius 2 is 2.23 bits per heavy atom. The molecule has 68 valence electrons. The van der Waals surface area contributed by atoms with Crippen molar-refractivity contribution in [3.63, 3.8) is 0 Å². The molecule has 0 aliphatic heterocycles. The minimum atomic E-state index is 0.383. The van der Waals surface area contributed by atoms with E-state index in [4.69, 9.17) is 0 Å². The van der Waals surface area contributed by atoms with E-state index in [0.29, 0.717) is 6.04 Å². The highest BCUT2D eigenvalue weighted by molar-refractivity contribution is 5.66. The summed E-state index contributed by atoms with van der Waals surface area (Å²) in [5.41, 5.74) is 1.01. The zero-order valence-corrected chi connectivity index (χ0v) is 7.73. The molecule has 4 nitrogen and oxygen atoms in total. The van der Waals surface area contributed by atoms with Gasteiger partial charge in [-0.3, -0.25) is 0 Å². The molecule has 13 heavy (non-hydrogen) atoms. The van der Waals surface area contributed by atoms with Gasteiger partial charge in [-0.1, -0.05) is 0 Å². The Labute approximate surface area is 76.6 Å². The molecule has 0 saturated carbocycles. The van der Waals surface area contributed by atoms with Crippen molar-refractivity contribution in [3.8, 4) is 0 Å². The largest absolute Gasteiger partial charge is 0.366 e. The van der Waals surface area contributed by atoms with E-state index < -0.39 is 0 Å². The summed E-state index contributed by atoms with van der Waals surface area (Å²) in [4.78, 5) is 4.25. The molecule has 1 N–H and O–H groups in total. The lowest BCUT2D eigenvalue weighted by Gasteiger charge is -2.09. The number of nitrogens with zero attached hydrogens (tertiary/aromatic N) is 3. The van der Waals surface area contributed by atoms with Gasteiger partial charge in [0, 0.05) is 18.4 Å². The second kappa shape index (κ2) is 3.05. The highest BCUT2D eigenvalue weighted by atomic mass is 15.2. The summed E-state index contributed by atoms with van der Waals surface area (Å²) < 4.78 is 1.80. The summed E-state index contributed by atoms with van der Waals surface area (Å²) in [5, 5.41) is 7.39. The van der Waals surface area contributed by atoms with Crippen molar-refractivity contribution in [1.29, 1.82) is 0 Å². The molecule has 2 rings (SSSR count). The first-order valence-corrected chi connectivity index (χ1v) is 4.32. The van der Waals surface area contributed by atoms with Crippen molar-refractivity contribution in [2.24, 2.45) is 0 Å². The van der Waals surface area contributed by atoms with Gasteiger partial charge in [0.2, 0.25) is 0 Å². The first-order chi connectivity index (χ1) is 6.27. The Bertz CT molecular complexity index is 405. The minimum absolute atomic E-state index is 0.383. The summed E-state index contributed by atoms with van der Waals surface area (Å²) in [7, 11) is 0. The van der Waals surface area contributed by atoms with Crippen LogP contribution in [0.25, 0.3) is 5.52 Å². The van der Waals surface area contributed by atoms with E-state index in [0.717, 1.165) is 11.3 Å². The SMILES string of the molecule is CC(C)Nc1nccn2nccc12. The smallest absolute Gasteiger partial charge is 0.152 e. The number of aromatic nitrogens is 3. The fraction of sp³-hybridized carbons (Fsp3) is 0.333. The summed E-state index contributed by atoms with van der Waals surface area (Å²) in [6, 6.07) is 2.33. The second-order valence-corrected chi connectivity index (χ2v) is 3.24. The highest BCUT2D eigenvalue weighted by Crippen LogP contribution is 2.12. The van der Waals surface area contributed by atoms with Gasteiger partial charge in [0.1, 0.15) is 5.52 Å². The standard InChI is InChI=1S/C9H12N4/c1-7(2)12-9-8-3-4-11-13(8)6-5-10-9/h3-7H,1-2H3,(H,10,12). The molecule has 0 unspecified atom stereocenters. The first-order valence-electron chi connectivity index (χ1n) is 4.32. The second-order valence-electron chi connectivity index (χ2n) is 3.24. The van der Waals surface area contributed by atoms with Crippen LogP contribution in [-0.2, 0) is 0 Å². The quantitative estimate of drug-likeness (QED) is 0.754. The lowest BCUT2D eigenvalue weighted by atomic mass is 10.4. The van der Waals surface area contributed by atoms with Crippen molar-refractivity contribution in [2.45, 2.75) is 19.9 Å². The Balaban J connectivity index is 2.48. The molecule has 2 heterocycles. The molecule has 0 aliphatic rings. The van der Waals surface area contributed by atoms with E-state index in [9.17, 15) is 0 Å². The third kappa shape index (κ3) is 1.47. The molecular formula is C9H12N4. The van der Waals surface area contributed by atoms with E-state index in [1.54, 1.807) is 16.9 Å². The topological polar surface area (TPSA) is 42.2 Å².